The molecule has 0 saturated carbocycles. The van der Waals surface area contributed by atoms with Gasteiger partial charge >= 0.3 is 0 Å². The standard InChI is InChI=1S/C12H20N2O2S/c1-9(2)8-10(3)14-11-6-4-5-7-12(11)17(13,15)16/h4-7,9-10,14H,8H2,1-3H3,(H2,13,15,16). The summed E-state index contributed by atoms with van der Waals surface area (Å²) in [6.07, 6.45) is 0.971. The van der Waals surface area contributed by atoms with Gasteiger partial charge in [-0.05, 0) is 31.4 Å². The van der Waals surface area contributed by atoms with Gasteiger partial charge < -0.3 is 5.32 Å². The van der Waals surface area contributed by atoms with E-state index < -0.39 is 10.0 Å². The Morgan fingerprint density at radius 2 is 1.82 bits per heavy atom. The number of para-hydroxylation sites is 1. The fourth-order valence-corrected chi connectivity index (χ4v) is 2.57. The second kappa shape index (κ2) is 5.51. The number of benzene rings is 1. The number of hydrogen-bond donors (Lipinski definition) is 2. The molecule has 1 unspecified atom stereocenters. The zero-order valence-electron chi connectivity index (χ0n) is 10.5. The van der Waals surface area contributed by atoms with Gasteiger partial charge in [-0.2, -0.15) is 0 Å². The summed E-state index contributed by atoms with van der Waals surface area (Å²) in [6.45, 7) is 6.29. The van der Waals surface area contributed by atoms with Gasteiger partial charge in [0.15, 0.2) is 0 Å². The molecule has 1 atom stereocenters. The van der Waals surface area contributed by atoms with E-state index in [-0.39, 0.29) is 10.9 Å². The monoisotopic (exact) mass is 256 g/mol. The van der Waals surface area contributed by atoms with Crippen LogP contribution in [0.5, 0.6) is 0 Å². The summed E-state index contributed by atoms with van der Waals surface area (Å²) in [5, 5.41) is 8.36. The molecule has 0 aromatic heterocycles. The van der Waals surface area contributed by atoms with Crippen LogP contribution in [0.1, 0.15) is 27.2 Å². The van der Waals surface area contributed by atoms with Gasteiger partial charge in [-0.1, -0.05) is 26.0 Å². The maximum absolute atomic E-state index is 11.4. The van der Waals surface area contributed by atoms with Gasteiger partial charge in [0, 0.05) is 6.04 Å². The molecule has 0 amide bonds. The highest BCUT2D eigenvalue weighted by atomic mass is 32.2. The first-order chi connectivity index (χ1) is 7.80. The van der Waals surface area contributed by atoms with E-state index in [4.69, 9.17) is 5.14 Å². The quantitative estimate of drug-likeness (QED) is 0.848. The Morgan fingerprint density at radius 1 is 1.24 bits per heavy atom. The van der Waals surface area contributed by atoms with Gasteiger partial charge in [0.2, 0.25) is 10.0 Å². The predicted molar refractivity (Wildman–Crippen MR) is 70.4 cm³/mol. The normalized spacial score (nSPS) is 13.7. The number of nitrogens with one attached hydrogen (secondary N) is 1. The van der Waals surface area contributed by atoms with Gasteiger partial charge in [0.05, 0.1) is 5.69 Å². The molecule has 4 nitrogen and oxygen atoms in total. The summed E-state index contributed by atoms with van der Waals surface area (Å²) in [4.78, 5) is 0.149. The van der Waals surface area contributed by atoms with E-state index in [0.717, 1.165) is 6.42 Å². The van der Waals surface area contributed by atoms with E-state index in [2.05, 4.69) is 19.2 Å². The molecule has 17 heavy (non-hydrogen) atoms. The Bertz CT molecular complexity index is 469. The number of nitrogens with two attached hydrogens (primary N) is 1. The predicted octanol–water partition coefficient (Wildman–Crippen LogP) is 2.18. The number of rotatable bonds is 5. The van der Waals surface area contributed by atoms with Crippen LogP contribution in [0.15, 0.2) is 29.2 Å². The maximum atomic E-state index is 11.4. The molecule has 0 fully saturated rings. The fraction of sp³-hybridized carbons (Fsp3) is 0.500. The van der Waals surface area contributed by atoms with Crippen molar-refractivity contribution in [3.8, 4) is 0 Å². The number of sulfonamides is 1. The molecule has 0 spiro atoms. The van der Waals surface area contributed by atoms with Crippen molar-refractivity contribution in [1.29, 1.82) is 0 Å². The SMILES string of the molecule is CC(C)CC(C)Nc1ccccc1S(N)(=O)=O. The molecule has 96 valence electrons. The average molecular weight is 256 g/mol. The molecule has 0 radical (unpaired) electrons. The van der Waals surface area contributed by atoms with Crippen LogP contribution in [0.25, 0.3) is 0 Å². The van der Waals surface area contributed by atoms with Crippen molar-refractivity contribution in [2.75, 3.05) is 5.32 Å². The van der Waals surface area contributed by atoms with Crippen molar-refractivity contribution < 1.29 is 8.42 Å². The van der Waals surface area contributed by atoms with Crippen molar-refractivity contribution in [2.24, 2.45) is 11.1 Å². The van der Waals surface area contributed by atoms with Crippen molar-refractivity contribution >= 4 is 15.7 Å². The highest BCUT2D eigenvalue weighted by Gasteiger charge is 2.14. The molecule has 0 bridgehead atoms. The van der Waals surface area contributed by atoms with Crippen molar-refractivity contribution in [2.45, 2.75) is 38.1 Å². The topological polar surface area (TPSA) is 72.2 Å². The first kappa shape index (κ1) is 14.0. The average Bonchev–Trinajstić information content (AvgIpc) is 2.15. The second-order valence-electron chi connectivity index (χ2n) is 4.72. The van der Waals surface area contributed by atoms with E-state index in [1.165, 1.54) is 6.07 Å². The third-order valence-corrected chi connectivity index (χ3v) is 3.39. The second-order valence-corrected chi connectivity index (χ2v) is 6.25. The summed E-state index contributed by atoms with van der Waals surface area (Å²) in [7, 11) is -3.67. The van der Waals surface area contributed by atoms with Gasteiger partial charge in [-0.3, -0.25) is 0 Å². The number of primary sulfonamides is 1. The summed E-state index contributed by atoms with van der Waals surface area (Å²) in [5.74, 6) is 0.555. The molecule has 0 saturated heterocycles. The third-order valence-electron chi connectivity index (χ3n) is 2.42. The molecule has 3 N–H and O–H groups in total. The lowest BCUT2D eigenvalue weighted by Crippen LogP contribution is -2.21. The lowest BCUT2D eigenvalue weighted by molar-refractivity contribution is 0.539. The molecular weight excluding hydrogens is 236 g/mol. The third kappa shape index (κ3) is 4.36. The van der Waals surface area contributed by atoms with Crippen LogP contribution in [-0.4, -0.2) is 14.5 Å². The van der Waals surface area contributed by atoms with E-state index >= 15 is 0 Å². The Balaban J connectivity index is 2.92. The molecule has 1 aromatic carbocycles. The zero-order chi connectivity index (χ0) is 13.1. The van der Waals surface area contributed by atoms with E-state index in [1.54, 1.807) is 18.2 Å². The zero-order valence-corrected chi connectivity index (χ0v) is 11.3. The highest BCUT2D eigenvalue weighted by Crippen LogP contribution is 2.21. The highest BCUT2D eigenvalue weighted by molar-refractivity contribution is 7.89. The van der Waals surface area contributed by atoms with Crippen LogP contribution in [0.4, 0.5) is 5.69 Å². The first-order valence-corrected chi connectivity index (χ1v) is 7.23. The smallest absolute Gasteiger partial charge is 0.240 e. The number of anilines is 1. The van der Waals surface area contributed by atoms with Gasteiger partial charge in [-0.25, -0.2) is 13.6 Å². The molecule has 1 aromatic rings. The van der Waals surface area contributed by atoms with Crippen LogP contribution in [0, 0.1) is 5.92 Å². The molecule has 1 rings (SSSR count). The van der Waals surface area contributed by atoms with Gasteiger partial charge in [0.1, 0.15) is 4.90 Å². The molecule has 5 heteroatoms. The minimum absolute atomic E-state index is 0.149. The largest absolute Gasteiger partial charge is 0.381 e. The van der Waals surface area contributed by atoms with Crippen LogP contribution < -0.4 is 10.5 Å². The Hall–Kier alpha value is -1.07. The lowest BCUT2D eigenvalue weighted by Gasteiger charge is -2.18. The first-order valence-electron chi connectivity index (χ1n) is 5.69. The van der Waals surface area contributed by atoms with E-state index in [9.17, 15) is 8.42 Å². The van der Waals surface area contributed by atoms with Crippen LogP contribution >= 0.6 is 0 Å². The molecule has 0 heterocycles. The summed E-state index contributed by atoms with van der Waals surface area (Å²) in [6, 6.07) is 6.91. The van der Waals surface area contributed by atoms with Crippen LogP contribution in [0.3, 0.4) is 0 Å². The van der Waals surface area contributed by atoms with E-state index in [1.807, 2.05) is 6.92 Å². The van der Waals surface area contributed by atoms with Crippen LogP contribution in [-0.2, 0) is 10.0 Å². The summed E-state index contributed by atoms with van der Waals surface area (Å²) in [5.41, 5.74) is 0.572. The Morgan fingerprint density at radius 3 is 2.35 bits per heavy atom. The van der Waals surface area contributed by atoms with Gasteiger partial charge in [0.25, 0.3) is 0 Å². The molecule has 0 aliphatic heterocycles. The molecular formula is C12H20N2O2S. The summed E-state index contributed by atoms with van der Waals surface area (Å²) >= 11 is 0. The van der Waals surface area contributed by atoms with Gasteiger partial charge in [-0.15, -0.1) is 0 Å². The summed E-state index contributed by atoms with van der Waals surface area (Å²) < 4.78 is 22.8. The van der Waals surface area contributed by atoms with Crippen molar-refractivity contribution in [1.82, 2.24) is 0 Å². The fourth-order valence-electron chi connectivity index (χ4n) is 1.87. The number of hydrogen-bond acceptors (Lipinski definition) is 3. The minimum Gasteiger partial charge on any atom is -0.381 e. The van der Waals surface area contributed by atoms with Crippen molar-refractivity contribution in [3.05, 3.63) is 24.3 Å². The lowest BCUT2D eigenvalue weighted by atomic mass is 10.1. The van der Waals surface area contributed by atoms with Crippen LogP contribution in [0.2, 0.25) is 0 Å². The van der Waals surface area contributed by atoms with E-state index in [0.29, 0.717) is 11.6 Å². The Kier molecular flexibility index (Phi) is 4.54. The molecule has 0 aliphatic rings. The minimum atomic E-state index is -3.67. The Labute approximate surface area is 103 Å². The molecule has 0 aliphatic carbocycles. The maximum Gasteiger partial charge on any atom is 0.240 e. The van der Waals surface area contributed by atoms with Crippen molar-refractivity contribution in [3.63, 3.8) is 0 Å².